The first-order chi connectivity index (χ1) is 9.61. The van der Waals surface area contributed by atoms with Gasteiger partial charge in [-0.15, -0.1) is 0 Å². The highest BCUT2D eigenvalue weighted by Crippen LogP contribution is 2.27. The van der Waals surface area contributed by atoms with Crippen LogP contribution in [-0.4, -0.2) is 45.0 Å². The Balaban J connectivity index is 2.17. The van der Waals surface area contributed by atoms with E-state index in [1.54, 1.807) is 25.3 Å². The van der Waals surface area contributed by atoms with Crippen LogP contribution in [0.5, 0.6) is 5.75 Å². The molecule has 1 heterocycles. The molecule has 1 N–H and O–H groups in total. The van der Waals surface area contributed by atoms with E-state index in [4.69, 9.17) is 9.47 Å². The van der Waals surface area contributed by atoms with Crippen LogP contribution in [0.2, 0.25) is 0 Å². The van der Waals surface area contributed by atoms with Crippen molar-refractivity contribution in [3.05, 3.63) is 23.8 Å². The van der Waals surface area contributed by atoms with Gasteiger partial charge in [-0.05, 0) is 30.9 Å². The summed E-state index contributed by atoms with van der Waals surface area (Å²) in [5.74, 6) is 0.188. The number of anilines is 1. The van der Waals surface area contributed by atoms with Gasteiger partial charge >= 0.3 is 5.97 Å². The summed E-state index contributed by atoms with van der Waals surface area (Å²) in [5, 5.41) is 9.29. The molecule has 0 aliphatic carbocycles. The van der Waals surface area contributed by atoms with Crippen molar-refractivity contribution >= 4 is 11.7 Å². The number of hydrogen-bond acceptors (Lipinski definition) is 4. The Hall–Kier alpha value is -1.75. The predicted molar refractivity (Wildman–Crippen MR) is 76.8 cm³/mol. The fourth-order valence-electron chi connectivity index (χ4n) is 2.57. The second-order valence-electron chi connectivity index (χ2n) is 5.15. The maximum atomic E-state index is 11.3. The maximum absolute atomic E-state index is 11.3. The molecule has 1 fully saturated rings. The minimum absolute atomic E-state index is 0.296. The largest absolute Gasteiger partial charge is 0.497 e. The van der Waals surface area contributed by atoms with E-state index in [1.807, 2.05) is 11.9 Å². The summed E-state index contributed by atoms with van der Waals surface area (Å²) >= 11 is 0. The van der Waals surface area contributed by atoms with Crippen molar-refractivity contribution in [2.45, 2.75) is 12.8 Å². The van der Waals surface area contributed by atoms with E-state index in [2.05, 4.69) is 0 Å². The van der Waals surface area contributed by atoms with Gasteiger partial charge in [0.1, 0.15) is 5.75 Å². The molecule has 1 atom stereocenters. The molecule has 110 valence electrons. The van der Waals surface area contributed by atoms with E-state index in [0.29, 0.717) is 22.9 Å². The highest BCUT2D eigenvalue weighted by atomic mass is 16.5. The molecule has 0 amide bonds. The van der Waals surface area contributed by atoms with Gasteiger partial charge in [0.05, 0.1) is 25.0 Å². The van der Waals surface area contributed by atoms with Crippen molar-refractivity contribution in [3.63, 3.8) is 0 Å². The van der Waals surface area contributed by atoms with Crippen LogP contribution in [0.15, 0.2) is 18.2 Å². The average molecular weight is 279 g/mol. The minimum Gasteiger partial charge on any atom is -0.497 e. The Morgan fingerprint density at radius 1 is 1.55 bits per heavy atom. The zero-order valence-corrected chi connectivity index (χ0v) is 12.0. The van der Waals surface area contributed by atoms with E-state index < -0.39 is 5.97 Å². The zero-order chi connectivity index (χ0) is 14.5. The molecule has 1 saturated heterocycles. The number of rotatable bonds is 5. The van der Waals surface area contributed by atoms with Gasteiger partial charge in [0, 0.05) is 26.3 Å². The molecule has 1 aromatic rings. The number of aromatic carboxylic acids is 1. The second kappa shape index (κ2) is 6.61. The topological polar surface area (TPSA) is 59.0 Å². The Kier molecular flexibility index (Phi) is 4.84. The number of carboxylic acid groups (broad SMARTS) is 1. The average Bonchev–Trinajstić information content (AvgIpc) is 2.47. The van der Waals surface area contributed by atoms with Gasteiger partial charge in [0.2, 0.25) is 0 Å². The third kappa shape index (κ3) is 3.42. The van der Waals surface area contributed by atoms with Crippen molar-refractivity contribution in [1.82, 2.24) is 0 Å². The molecule has 5 nitrogen and oxygen atoms in total. The molecule has 20 heavy (non-hydrogen) atoms. The van der Waals surface area contributed by atoms with Crippen LogP contribution in [0.3, 0.4) is 0 Å². The zero-order valence-electron chi connectivity index (χ0n) is 12.0. The summed E-state index contributed by atoms with van der Waals surface area (Å²) in [6.07, 6.45) is 2.19. The van der Waals surface area contributed by atoms with Crippen molar-refractivity contribution in [3.8, 4) is 5.75 Å². The standard InChI is InChI=1S/C15H21NO4/c1-16(9-11-4-3-7-20-10-11)14-8-12(19-2)5-6-13(14)15(17)18/h5-6,8,11H,3-4,7,9-10H2,1-2H3,(H,17,18). The Morgan fingerprint density at radius 3 is 2.95 bits per heavy atom. The van der Waals surface area contributed by atoms with Gasteiger partial charge in [-0.2, -0.15) is 0 Å². The first-order valence-corrected chi connectivity index (χ1v) is 6.82. The molecule has 0 bridgehead atoms. The molecule has 0 saturated carbocycles. The van der Waals surface area contributed by atoms with Gasteiger partial charge < -0.3 is 19.5 Å². The molecule has 1 aliphatic rings. The summed E-state index contributed by atoms with van der Waals surface area (Å²) in [6.45, 7) is 2.36. The number of carbonyl (C=O) groups is 1. The van der Waals surface area contributed by atoms with Crippen LogP contribution in [0.4, 0.5) is 5.69 Å². The first kappa shape index (κ1) is 14.7. The summed E-state index contributed by atoms with van der Waals surface area (Å²) in [4.78, 5) is 13.3. The van der Waals surface area contributed by atoms with E-state index >= 15 is 0 Å². The van der Waals surface area contributed by atoms with Crippen LogP contribution < -0.4 is 9.64 Å². The normalized spacial score (nSPS) is 18.6. The molecular formula is C15H21NO4. The van der Waals surface area contributed by atoms with Crippen LogP contribution in [0.1, 0.15) is 23.2 Å². The lowest BCUT2D eigenvalue weighted by Gasteiger charge is -2.29. The summed E-state index contributed by atoms with van der Waals surface area (Å²) in [7, 11) is 3.49. The SMILES string of the molecule is COc1ccc(C(=O)O)c(N(C)CC2CCCOC2)c1. The van der Waals surface area contributed by atoms with Crippen molar-refractivity contribution < 1.29 is 19.4 Å². The molecule has 0 radical (unpaired) electrons. The third-order valence-electron chi connectivity index (χ3n) is 3.63. The fourth-order valence-corrected chi connectivity index (χ4v) is 2.57. The lowest BCUT2D eigenvalue weighted by Crippen LogP contribution is -2.31. The number of hydrogen-bond donors (Lipinski definition) is 1. The molecule has 0 aromatic heterocycles. The number of benzene rings is 1. The number of methoxy groups -OCH3 is 1. The summed E-state index contributed by atoms with van der Waals surface area (Å²) in [5.41, 5.74) is 0.979. The van der Waals surface area contributed by atoms with Crippen LogP contribution in [0.25, 0.3) is 0 Å². The van der Waals surface area contributed by atoms with Gasteiger partial charge in [-0.1, -0.05) is 0 Å². The van der Waals surface area contributed by atoms with Crippen LogP contribution in [-0.2, 0) is 4.74 Å². The molecule has 1 unspecified atom stereocenters. The molecule has 5 heteroatoms. The van der Waals surface area contributed by atoms with E-state index in [-0.39, 0.29) is 0 Å². The number of nitrogens with zero attached hydrogens (tertiary/aromatic N) is 1. The maximum Gasteiger partial charge on any atom is 0.337 e. The van der Waals surface area contributed by atoms with E-state index in [1.165, 1.54) is 0 Å². The monoisotopic (exact) mass is 279 g/mol. The van der Waals surface area contributed by atoms with Gasteiger partial charge in [0.15, 0.2) is 0 Å². The smallest absolute Gasteiger partial charge is 0.337 e. The second-order valence-corrected chi connectivity index (χ2v) is 5.15. The van der Waals surface area contributed by atoms with Crippen molar-refractivity contribution in [2.24, 2.45) is 5.92 Å². The lowest BCUT2D eigenvalue weighted by atomic mass is 10.0. The summed E-state index contributed by atoms with van der Waals surface area (Å²) in [6, 6.07) is 5.03. The van der Waals surface area contributed by atoms with Crippen LogP contribution in [0, 0.1) is 5.92 Å². The van der Waals surface area contributed by atoms with Crippen LogP contribution >= 0.6 is 0 Å². The Morgan fingerprint density at radius 2 is 2.35 bits per heavy atom. The number of ether oxygens (including phenoxy) is 2. The molecular weight excluding hydrogens is 258 g/mol. The fraction of sp³-hybridized carbons (Fsp3) is 0.533. The van der Waals surface area contributed by atoms with E-state index in [0.717, 1.165) is 32.6 Å². The highest BCUT2D eigenvalue weighted by Gasteiger charge is 2.20. The number of carboxylic acids is 1. The molecule has 2 rings (SSSR count). The minimum atomic E-state index is -0.922. The lowest BCUT2D eigenvalue weighted by molar-refractivity contribution is 0.0576. The molecule has 0 spiro atoms. The quantitative estimate of drug-likeness (QED) is 0.896. The van der Waals surface area contributed by atoms with Gasteiger partial charge in [-0.25, -0.2) is 4.79 Å². The molecule has 1 aromatic carbocycles. The van der Waals surface area contributed by atoms with E-state index in [9.17, 15) is 9.90 Å². The van der Waals surface area contributed by atoms with Crippen molar-refractivity contribution in [2.75, 3.05) is 38.8 Å². The highest BCUT2D eigenvalue weighted by molar-refractivity contribution is 5.94. The van der Waals surface area contributed by atoms with Gasteiger partial charge in [-0.3, -0.25) is 0 Å². The Labute approximate surface area is 119 Å². The van der Waals surface area contributed by atoms with Crippen molar-refractivity contribution in [1.29, 1.82) is 0 Å². The third-order valence-corrected chi connectivity index (χ3v) is 3.63. The first-order valence-electron chi connectivity index (χ1n) is 6.82. The summed E-state index contributed by atoms with van der Waals surface area (Å²) < 4.78 is 10.7. The Bertz CT molecular complexity index is 469. The van der Waals surface area contributed by atoms with Gasteiger partial charge in [0.25, 0.3) is 0 Å². The molecule has 1 aliphatic heterocycles. The predicted octanol–water partition coefficient (Wildman–Crippen LogP) is 2.26.